The average Bonchev–Trinajstić information content (AvgIpc) is 2.93. The van der Waals surface area contributed by atoms with E-state index in [2.05, 4.69) is 25.3 Å². The number of aromatic nitrogens is 4. The van der Waals surface area contributed by atoms with Crippen LogP contribution in [0.1, 0.15) is 40.6 Å². The Morgan fingerprint density at radius 1 is 1.07 bits per heavy atom. The van der Waals surface area contributed by atoms with Crippen molar-refractivity contribution in [3.8, 4) is 5.88 Å². The standard InChI is InChI=1S/C25H24F5N7O3/c1-36(2)23-32-12-15(18(38)13-40-19-6-9-31-22(33-19)25(28,29)30)20(34-23)14-7-10-37(11-8-14)24(39)35-21-16(26)4-3-5-17(21)27/h3-6,9,12,14H,7-8,10-11,13H2,1-2H3,(H,35,39). The summed E-state index contributed by atoms with van der Waals surface area (Å²) in [7, 11) is 3.43. The molecule has 1 aromatic carbocycles. The molecule has 3 aromatic rings. The lowest BCUT2D eigenvalue weighted by molar-refractivity contribution is -0.145. The van der Waals surface area contributed by atoms with Crippen molar-refractivity contribution in [1.29, 1.82) is 0 Å². The number of nitrogens with zero attached hydrogens (tertiary/aromatic N) is 6. The van der Waals surface area contributed by atoms with Gasteiger partial charge in [0.25, 0.3) is 0 Å². The van der Waals surface area contributed by atoms with Crippen LogP contribution in [0.4, 0.5) is 38.4 Å². The van der Waals surface area contributed by atoms with Crippen LogP contribution in [0, 0.1) is 11.6 Å². The Morgan fingerprint density at radius 3 is 2.38 bits per heavy atom. The van der Waals surface area contributed by atoms with Gasteiger partial charge in [0.1, 0.15) is 17.3 Å². The van der Waals surface area contributed by atoms with Crippen molar-refractivity contribution in [1.82, 2.24) is 24.8 Å². The SMILES string of the molecule is CN(C)c1ncc(C(=O)COc2ccnc(C(F)(F)F)n2)c(C2CCN(C(=O)Nc3c(F)cccc3F)CC2)n1. The second-order valence-electron chi connectivity index (χ2n) is 9.08. The largest absolute Gasteiger partial charge is 0.469 e. The molecule has 1 fully saturated rings. The number of halogens is 5. The van der Waals surface area contributed by atoms with Gasteiger partial charge >= 0.3 is 12.2 Å². The van der Waals surface area contributed by atoms with Crippen LogP contribution in [0.3, 0.4) is 0 Å². The van der Waals surface area contributed by atoms with Crippen molar-refractivity contribution in [2.45, 2.75) is 24.9 Å². The highest BCUT2D eigenvalue weighted by Gasteiger charge is 2.35. The number of anilines is 2. The van der Waals surface area contributed by atoms with Gasteiger partial charge in [-0.05, 0) is 25.0 Å². The maximum absolute atomic E-state index is 13.9. The van der Waals surface area contributed by atoms with Gasteiger partial charge in [-0.15, -0.1) is 0 Å². The van der Waals surface area contributed by atoms with E-state index in [0.29, 0.717) is 24.5 Å². The Morgan fingerprint density at radius 2 is 1.75 bits per heavy atom. The maximum atomic E-state index is 13.9. The zero-order valence-electron chi connectivity index (χ0n) is 21.4. The molecule has 0 atom stereocenters. The summed E-state index contributed by atoms with van der Waals surface area (Å²) >= 11 is 0. The minimum atomic E-state index is -4.78. The Kier molecular flexibility index (Phi) is 8.40. The van der Waals surface area contributed by atoms with E-state index in [0.717, 1.165) is 24.4 Å². The number of para-hydroxylation sites is 1. The molecule has 15 heteroatoms. The molecular weight excluding hydrogens is 541 g/mol. The van der Waals surface area contributed by atoms with Gasteiger partial charge in [-0.2, -0.15) is 18.2 Å². The predicted octanol–water partition coefficient (Wildman–Crippen LogP) is 4.30. The van der Waals surface area contributed by atoms with Crippen LogP contribution in [-0.2, 0) is 6.18 Å². The Hall–Kier alpha value is -4.43. The van der Waals surface area contributed by atoms with Gasteiger partial charge in [-0.25, -0.2) is 28.5 Å². The van der Waals surface area contributed by atoms with Crippen LogP contribution < -0.4 is 15.0 Å². The number of piperidine rings is 1. The van der Waals surface area contributed by atoms with Gasteiger partial charge in [-0.3, -0.25) is 4.79 Å². The van der Waals surface area contributed by atoms with Crippen molar-refractivity contribution >= 4 is 23.5 Å². The van der Waals surface area contributed by atoms with E-state index in [1.165, 1.54) is 17.2 Å². The zero-order valence-corrected chi connectivity index (χ0v) is 21.4. The molecule has 0 radical (unpaired) electrons. The third-order valence-electron chi connectivity index (χ3n) is 6.10. The Bertz CT molecular complexity index is 1380. The van der Waals surface area contributed by atoms with Gasteiger partial charge in [0.05, 0.1) is 11.3 Å². The molecule has 0 spiro atoms. The third-order valence-corrected chi connectivity index (χ3v) is 6.10. The van der Waals surface area contributed by atoms with Crippen LogP contribution in [0.15, 0.2) is 36.7 Å². The van der Waals surface area contributed by atoms with Gasteiger partial charge in [0, 0.05) is 51.6 Å². The molecule has 1 aliphatic heterocycles. The van der Waals surface area contributed by atoms with Crippen LogP contribution >= 0.6 is 0 Å². The molecule has 212 valence electrons. The second kappa shape index (κ2) is 11.8. The number of ether oxygens (including phenoxy) is 1. The maximum Gasteiger partial charge on any atom is 0.451 e. The van der Waals surface area contributed by atoms with Crippen molar-refractivity contribution in [2.24, 2.45) is 0 Å². The number of Topliss-reactive ketones (excluding diaryl/α,β-unsaturated/α-hetero) is 1. The van der Waals surface area contributed by atoms with Gasteiger partial charge in [0.2, 0.25) is 23.4 Å². The Labute approximate surface area is 225 Å². The molecule has 3 heterocycles. The topological polar surface area (TPSA) is 113 Å². The van der Waals surface area contributed by atoms with Crippen LogP contribution in [0.25, 0.3) is 0 Å². The van der Waals surface area contributed by atoms with E-state index in [9.17, 15) is 31.5 Å². The van der Waals surface area contributed by atoms with E-state index in [1.54, 1.807) is 19.0 Å². The summed E-state index contributed by atoms with van der Waals surface area (Å²) in [5.41, 5.74) is -0.0295. The summed E-state index contributed by atoms with van der Waals surface area (Å²) in [6, 6.07) is 3.68. The molecule has 0 aliphatic carbocycles. The molecule has 40 heavy (non-hydrogen) atoms. The van der Waals surface area contributed by atoms with Crippen LogP contribution in [0.5, 0.6) is 5.88 Å². The van der Waals surface area contributed by atoms with Crippen molar-refractivity contribution in [3.63, 3.8) is 0 Å². The van der Waals surface area contributed by atoms with E-state index in [-0.39, 0.29) is 24.6 Å². The van der Waals surface area contributed by atoms with Crippen molar-refractivity contribution in [2.75, 3.05) is 44.0 Å². The molecule has 1 N–H and O–H groups in total. The van der Waals surface area contributed by atoms with Gasteiger partial charge < -0.3 is 19.9 Å². The first-order chi connectivity index (χ1) is 18.9. The average molecular weight is 566 g/mol. The van der Waals surface area contributed by atoms with E-state index < -0.39 is 53.6 Å². The molecule has 1 aliphatic rings. The second-order valence-corrected chi connectivity index (χ2v) is 9.08. The number of ketones is 1. The molecule has 1 saturated heterocycles. The molecule has 10 nitrogen and oxygen atoms in total. The lowest BCUT2D eigenvalue weighted by Crippen LogP contribution is -2.41. The van der Waals surface area contributed by atoms with Crippen molar-refractivity contribution in [3.05, 3.63) is 65.4 Å². The first kappa shape index (κ1) is 28.6. The summed E-state index contributed by atoms with van der Waals surface area (Å²) in [5.74, 6) is -4.16. The molecule has 4 rings (SSSR count). The smallest absolute Gasteiger partial charge is 0.451 e. The highest BCUT2D eigenvalue weighted by molar-refractivity contribution is 5.98. The lowest BCUT2D eigenvalue weighted by atomic mass is 9.90. The fourth-order valence-electron chi connectivity index (χ4n) is 4.06. The third kappa shape index (κ3) is 6.58. The van der Waals surface area contributed by atoms with Crippen LogP contribution in [-0.4, -0.2) is 70.4 Å². The highest BCUT2D eigenvalue weighted by atomic mass is 19.4. The number of urea groups is 1. The summed E-state index contributed by atoms with van der Waals surface area (Å²) in [4.78, 5) is 43.9. The highest BCUT2D eigenvalue weighted by Crippen LogP contribution is 2.31. The summed E-state index contributed by atoms with van der Waals surface area (Å²) in [6.45, 7) is -0.209. The zero-order chi connectivity index (χ0) is 29.0. The summed E-state index contributed by atoms with van der Waals surface area (Å²) in [6.07, 6.45) is -1.83. The van der Waals surface area contributed by atoms with E-state index >= 15 is 0 Å². The number of alkyl halides is 3. The summed E-state index contributed by atoms with van der Waals surface area (Å²) in [5, 5.41) is 2.26. The lowest BCUT2D eigenvalue weighted by Gasteiger charge is -2.32. The van der Waals surface area contributed by atoms with Crippen LogP contribution in [0.2, 0.25) is 0 Å². The van der Waals surface area contributed by atoms with E-state index in [1.807, 2.05) is 0 Å². The number of rotatable bonds is 7. The number of amides is 2. The summed E-state index contributed by atoms with van der Waals surface area (Å²) < 4.78 is 71.7. The molecule has 2 aromatic heterocycles. The Balaban J connectivity index is 1.46. The number of benzene rings is 1. The van der Waals surface area contributed by atoms with E-state index in [4.69, 9.17) is 4.74 Å². The number of carbonyl (C=O) groups is 2. The van der Waals surface area contributed by atoms with Crippen molar-refractivity contribution < 1.29 is 36.3 Å². The first-order valence-corrected chi connectivity index (χ1v) is 12.0. The fraction of sp³-hybridized carbons (Fsp3) is 0.360. The monoisotopic (exact) mass is 565 g/mol. The normalized spacial score (nSPS) is 14.1. The molecule has 0 bridgehead atoms. The first-order valence-electron chi connectivity index (χ1n) is 12.0. The number of hydrogen-bond acceptors (Lipinski definition) is 8. The minimum absolute atomic E-state index is 0.118. The van der Waals surface area contributed by atoms with Gasteiger partial charge in [0.15, 0.2) is 6.61 Å². The number of likely N-dealkylation sites (tertiary alicyclic amines) is 1. The predicted molar refractivity (Wildman–Crippen MR) is 132 cm³/mol. The number of hydrogen-bond donors (Lipinski definition) is 1. The molecule has 0 unspecified atom stereocenters. The number of nitrogens with one attached hydrogen (secondary N) is 1. The quantitative estimate of drug-likeness (QED) is 0.333. The van der Waals surface area contributed by atoms with Gasteiger partial charge in [-0.1, -0.05) is 6.07 Å². The minimum Gasteiger partial charge on any atom is -0.469 e. The molecule has 2 amide bonds. The fourth-order valence-corrected chi connectivity index (χ4v) is 4.06. The number of carbonyl (C=O) groups excluding carboxylic acids is 2. The molecular formula is C25H24F5N7O3. The molecule has 0 saturated carbocycles.